The highest BCUT2D eigenvalue weighted by atomic mass is 16.5. The van der Waals surface area contributed by atoms with Crippen LogP contribution in [0.5, 0.6) is 0 Å². The summed E-state index contributed by atoms with van der Waals surface area (Å²) in [5, 5.41) is 11.8. The topological polar surface area (TPSA) is 79.2 Å². The molecule has 0 radical (unpaired) electrons. The quantitative estimate of drug-likeness (QED) is 0.462. The minimum absolute atomic E-state index is 0.356. The van der Waals surface area contributed by atoms with Gasteiger partial charge in [0, 0.05) is 6.08 Å². The monoisotopic (exact) mass is 410 g/mol. The van der Waals surface area contributed by atoms with Crippen molar-refractivity contribution >= 4 is 18.0 Å². The van der Waals surface area contributed by atoms with Crippen LogP contribution < -0.4 is 5.32 Å². The molecule has 31 heavy (non-hydrogen) atoms. The van der Waals surface area contributed by atoms with E-state index in [9.17, 15) is 9.59 Å². The first-order chi connectivity index (χ1) is 15.1. The molecule has 0 aromatic heterocycles. The Morgan fingerprint density at radius 1 is 0.903 bits per heavy atom. The van der Waals surface area contributed by atoms with Gasteiger partial charge in [0.2, 0.25) is 0 Å². The van der Waals surface area contributed by atoms with Crippen LogP contribution in [-0.4, -0.2) is 18.0 Å². The number of ether oxygens (including phenoxy) is 1. The minimum atomic E-state index is -0.965. The zero-order valence-corrected chi connectivity index (χ0v) is 17.1. The standard InChI is InChI=1S/C26H22N2O3/c1-19(31-24(29)17-16-20-12-14-21(18-27)15-13-20)26(30)28-25(22-8-4-2-5-9-22)23-10-6-3-7-11-23/h2-17,19,25H,1H3,(H,28,30)/b17-16+/t19-/m0/s1. The summed E-state index contributed by atoms with van der Waals surface area (Å²) in [6.07, 6.45) is 1.87. The van der Waals surface area contributed by atoms with Gasteiger partial charge in [-0.15, -0.1) is 0 Å². The predicted octanol–water partition coefficient (Wildman–Crippen LogP) is 4.41. The fourth-order valence-electron chi connectivity index (χ4n) is 3.01. The lowest BCUT2D eigenvalue weighted by atomic mass is 9.98. The molecule has 0 spiro atoms. The molecule has 0 unspecified atom stereocenters. The number of hydrogen-bond donors (Lipinski definition) is 1. The third-order valence-corrected chi connectivity index (χ3v) is 4.67. The van der Waals surface area contributed by atoms with Gasteiger partial charge >= 0.3 is 5.97 Å². The second-order valence-corrected chi connectivity index (χ2v) is 6.91. The van der Waals surface area contributed by atoms with Gasteiger partial charge in [-0.25, -0.2) is 4.79 Å². The normalized spacial score (nSPS) is 11.6. The first-order valence-corrected chi connectivity index (χ1v) is 9.86. The van der Waals surface area contributed by atoms with Crippen LogP contribution in [0.25, 0.3) is 6.08 Å². The van der Waals surface area contributed by atoms with Crippen molar-refractivity contribution in [2.45, 2.75) is 19.1 Å². The van der Waals surface area contributed by atoms with Crippen LogP contribution in [0.4, 0.5) is 0 Å². The maximum Gasteiger partial charge on any atom is 0.331 e. The first kappa shape index (κ1) is 21.5. The Kier molecular flexibility index (Phi) is 7.34. The average Bonchev–Trinajstić information content (AvgIpc) is 2.82. The van der Waals surface area contributed by atoms with Crippen LogP contribution in [0, 0.1) is 11.3 Å². The van der Waals surface area contributed by atoms with E-state index >= 15 is 0 Å². The summed E-state index contributed by atoms with van der Waals surface area (Å²) in [6, 6.07) is 27.7. The third kappa shape index (κ3) is 6.15. The predicted molar refractivity (Wildman–Crippen MR) is 119 cm³/mol. The van der Waals surface area contributed by atoms with Gasteiger partial charge in [-0.1, -0.05) is 72.8 Å². The van der Waals surface area contributed by atoms with Crippen molar-refractivity contribution in [2.75, 3.05) is 0 Å². The van der Waals surface area contributed by atoms with Crippen molar-refractivity contribution in [2.24, 2.45) is 0 Å². The maximum atomic E-state index is 12.7. The highest BCUT2D eigenvalue weighted by Gasteiger charge is 2.22. The molecule has 3 rings (SSSR count). The van der Waals surface area contributed by atoms with Gasteiger partial charge in [-0.05, 0) is 41.8 Å². The second kappa shape index (κ2) is 10.6. The minimum Gasteiger partial charge on any atom is -0.449 e. The van der Waals surface area contributed by atoms with E-state index in [0.717, 1.165) is 16.7 Å². The summed E-state index contributed by atoms with van der Waals surface area (Å²) >= 11 is 0. The van der Waals surface area contributed by atoms with E-state index in [1.54, 1.807) is 30.3 Å². The van der Waals surface area contributed by atoms with Gasteiger partial charge in [0.25, 0.3) is 5.91 Å². The molecule has 5 heteroatoms. The lowest BCUT2D eigenvalue weighted by Crippen LogP contribution is -2.38. The number of nitriles is 1. The van der Waals surface area contributed by atoms with E-state index in [4.69, 9.17) is 10.00 Å². The number of esters is 1. The van der Waals surface area contributed by atoms with E-state index in [-0.39, 0.29) is 6.04 Å². The highest BCUT2D eigenvalue weighted by molar-refractivity contribution is 5.90. The Morgan fingerprint density at radius 2 is 1.45 bits per heavy atom. The third-order valence-electron chi connectivity index (χ3n) is 4.67. The summed E-state index contributed by atoms with van der Waals surface area (Å²) < 4.78 is 5.26. The molecule has 1 atom stereocenters. The zero-order chi connectivity index (χ0) is 22.1. The molecule has 3 aromatic rings. The summed E-state index contributed by atoms with van der Waals surface area (Å²) in [6.45, 7) is 1.54. The molecule has 0 aliphatic rings. The molecule has 0 aliphatic carbocycles. The highest BCUT2D eigenvalue weighted by Crippen LogP contribution is 2.22. The SMILES string of the molecule is C[C@H](OC(=O)/C=C/c1ccc(C#N)cc1)C(=O)NC(c1ccccc1)c1ccccc1. The average molecular weight is 410 g/mol. The number of benzene rings is 3. The van der Waals surface area contributed by atoms with E-state index in [1.807, 2.05) is 66.7 Å². The van der Waals surface area contributed by atoms with Crippen LogP contribution >= 0.6 is 0 Å². The Bertz CT molecular complexity index is 1050. The fourth-order valence-corrected chi connectivity index (χ4v) is 3.01. The van der Waals surface area contributed by atoms with Crippen LogP contribution in [0.2, 0.25) is 0 Å². The van der Waals surface area contributed by atoms with Crippen LogP contribution in [0.1, 0.15) is 35.2 Å². The fraction of sp³-hybridized carbons (Fsp3) is 0.115. The molecule has 0 saturated heterocycles. The largest absolute Gasteiger partial charge is 0.449 e. The second-order valence-electron chi connectivity index (χ2n) is 6.91. The summed E-state index contributed by atoms with van der Waals surface area (Å²) in [4.78, 5) is 24.9. The van der Waals surface area contributed by atoms with Gasteiger partial charge in [0.15, 0.2) is 6.10 Å². The summed E-state index contributed by atoms with van der Waals surface area (Å²) in [5.41, 5.74) is 3.15. The Hall–Kier alpha value is -4.17. The van der Waals surface area contributed by atoms with Crippen LogP contribution in [0.3, 0.4) is 0 Å². The van der Waals surface area contributed by atoms with Crippen LogP contribution in [-0.2, 0) is 14.3 Å². The van der Waals surface area contributed by atoms with Crippen molar-refractivity contribution in [3.8, 4) is 6.07 Å². The van der Waals surface area contributed by atoms with Gasteiger partial charge in [0.1, 0.15) is 0 Å². The van der Waals surface area contributed by atoms with Crippen molar-refractivity contribution in [1.82, 2.24) is 5.32 Å². The molecule has 5 nitrogen and oxygen atoms in total. The number of hydrogen-bond acceptors (Lipinski definition) is 4. The number of nitrogens with one attached hydrogen (secondary N) is 1. The first-order valence-electron chi connectivity index (χ1n) is 9.86. The number of nitrogens with zero attached hydrogens (tertiary/aromatic N) is 1. The number of amides is 1. The number of carbonyl (C=O) groups is 2. The van der Waals surface area contributed by atoms with E-state index in [2.05, 4.69) is 5.32 Å². The molecular weight excluding hydrogens is 388 g/mol. The van der Waals surface area contributed by atoms with Gasteiger partial charge in [0.05, 0.1) is 17.7 Å². The van der Waals surface area contributed by atoms with E-state index in [1.165, 1.54) is 13.0 Å². The smallest absolute Gasteiger partial charge is 0.331 e. The zero-order valence-electron chi connectivity index (χ0n) is 17.1. The molecular formula is C26H22N2O3. The van der Waals surface area contributed by atoms with Gasteiger partial charge in [-0.3, -0.25) is 4.79 Å². The van der Waals surface area contributed by atoms with Crippen molar-refractivity contribution in [3.05, 3.63) is 113 Å². The maximum absolute atomic E-state index is 12.7. The molecule has 3 aromatic carbocycles. The van der Waals surface area contributed by atoms with E-state index < -0.39 is 18.0 Å². The lowest BCUT2D eigenvalue weighted by molar-refractivity contribution is -0.150. The molecule has 0 bridgehead atoms. The Balaban J connectivity index is 1.64. The number of rotatable bonds is 7. The molecule has 0 aliphatic heterocycles. The molecule has 0 heterocycles. The van der Waals surface area contributed by atoms with Gasteiger partial charge in [-0.2, -0.15) is 5.26 Å². The Morgan fingerprint density at radius 3 is 1.97 bits per heavy atom. The van der Waals surface area contributed by atoms with Crippen molar-refractivity contribution in [1.29, 1.82) is 5.26 Å². The van der Waals surface area contributed by atoms with E-state index in [0.29, 0.717) is 5.56 Å². The molecule has 0 saturated carbocycles. The van der Waals surface area contributed by atoms with Gasteiger partial charge < -0.3 is 10.1 Å². The van der Waals surface area contributed by atoms with Crippen LogP contribution in [0.15, 0.2) is 91.0 Å². The van der Waals surface area contributed by atoms with Crippen molar-refractivity contribution < 1.29 is 14.3 Å². The Labute approximate surface area is 181 Å². The molecule has 154 valence electrons. The lowest BCUT2D eigenvalue weighted by Gasteiger charge is -2.22. The number of carbonyl (C=O) groups excluding carboxylic acids is 2. The molecule has 1 amide bonds. The summed E-state index contributed by atoms with van der Waals surface area (Å²) in [7, 11) is 0. The molecule has 1 N–H and O–H groups in total. The molecule has 0 fully saturated rings. The summed E-state index contributed by atoms with van der Waals surface area (Å²) in [5.74, 6) is -1.01. The van der Waals surface area contributed by atoms with Crippen molar-refractivity contribution in [3.63, 3.8) is 0 Å².